The zero-order valence-electron chi connectivity index (χ0n) is 10.0. The molecule has 0 aromatic rings. The van der Waals surface area contributed by atoms with Crippen molar-refractivity contribution in [2.24, 2.45) is 0 Å². The van der Waals surface area contributed by atoms with E-state index in [-0.39, 0.29) is 6.54 Å². The lowest BCUT2D eigenvalue weighted by molar-refractivity contribution is -0.315. The Hall–Kier alpha value is -0.950. The third kappa shape index (κ3) is 3.26. The van der Waals surface area contributed by atoms with Crippen molar-refractivity contribution in [3.63, 3.8) is 0 Å². The van der Waals surface area contributed by atoms with E-state index in [0.717, 1.165) is 4.90 Å². The summed E-state index contributed by atoms with van der Waals surface area (Å²) in [6.45, 7) is 3.76. The number of amides is 1. The number of aliphatic hydroxyl groups is 2. The Labute approximate surface area is 98.0 Å². The van der Waals surface area contributed by atoms with E-state index in [2.05, 4.69) is 0 Å². The van der Waals surface area contributed by atoms with Crippen LogP contribution in [0.3, 0.4) is 0 Å². The number of hydrogen-bond acceptors (Lipinski definition) is 4. The van der Waals surface area contributed by atoms with Gasteiger partial charge in [0, 0.05) is 13.0 Å². The molecule has 0 aliphatic carbocycles. The predicted octanol–water partition coefficient (Wildman–Crippen LogP) is 0.943. The van der Waals surface area contributed by atoms with Gasteiger partial charge in [0.05, 0.1) is 6.54 Å². The molecule has 17 heavy (non-hydrogen) atoms. The van der Waals surface area contributed by atoms with Crippen LogP contribution in [-0.2, 0) is 4.74 Å². The summed E-state index contributed by atoms with van der Waals surface area (Å²) in [6, 6.07) is 0. The number of carbonyl (C=O) groups excluding carboxylic acids is 1. The quantitative estimate of drug-likeness (QED) is 0.630. The molecule has 0 saturated carbocycles. The molecule has 1 aliphatic heterocycles. The van der Waals surface area contributed by atoms with E-state index >= 15 is 0 Å². The molecule has 0 unspecified atom stereocenters. The average molecular weight is 253 g/mol. The van der Waals surface area contributed by atoms with Gasteiger partial charge in [-0.1, -0.05) is 0 Å². The van der Waals surface area contributed by atoms with Crippen molar-refractivity contribution in [3.8, 4) is 0 Å². The average Bonchev–Trinajstić information content (AvgIpc) is 2.06. The molecular weight excluding hydrogens is 236 g/mol. The monoisotopic (exact) mass is 253 g/mol. The van der Waals surface area contributed by atoms with Crippen LogP contribution in [0.25, 0.3) is 0 Å². The highest BCUT2D eigenvalue weighted by molar-refractivity contribution is 5.68. The molecular formula is C10H17F2NO4. The standard InChI is InChI=1S/C10H17F2NO4/c1-8(2,3)17-7(14)13-5-4-9(11,12)10(15,16)6-13/h15-16H,4-6H2,1-3H3. The summed E-state index contributed by atoms with van der Waals surface area (Å²) in [5, 5.41) is 18.4. The fourth-order valence-corrected chi connectivity index (χ4v) is 1.42. The minimum Gasteiger partial charge on any atom is -0.444 e. The van der Waals surface area contributed by atoms with Crippen LogP contribution in [-0.4, -0.2) is 51.6 Å². The Bertz CT molecular complexity index is 312. The van der Waals surface area contributed by atoms with Crippen LogP contribution in [0.15, 0.2) is 0 Å². The van der Waals surface area contributed by atoms with Gasteiger partial charge in [-0.15, -0.1) is 0 Å². The molecule has 0 bridgehead atoms. The molecule has 0 atom stereocenters. The van der Waals surface area contributed by atoms with Crippen LogP contribution in [0, 0.1) is 0 Å². The summed E-state index contributed by atoms with van der Waals surface area (Å²) < 4.78 is 31.1. The number of rotatable bonds is 0. The first-order valence-corrected chi connectivity index (χ1v) is 5.25. The highest BCUT2D eigenvalue weighted by atomic mass is 19.3. The van der Waals surface area contributed by atoms with Crippen LogP contribution >= 0.6 is 0 Å². The minimum atomic E-state index is -3.62. The number of alkyl halides is 2. The second kappa shape index (κ2) is 4.06. The molecule has 5 nitrogen and oxygen atoms in total. The first-order valence-electron chi connectivity index (χ1n) is 5.25. The van der Waals surface area contributed by atoms with Crippen molar-refractivity contribution in [2.45, 2.75) is 44.5 Å². The molecule has 7 heteroatoms. The molecule has 1 saturated heterocycles. The van der Waals surface area contributed by atoms with Gasteiger partial charge in [-0.2, -0.15) is 0 Å². The number of nitrogens with zero attached hydrogens (tertiary/aromatic N) is 1. The lowest BCUT2D eigenvalue weighted by atomic mass is 10.0. The van der Waals surface area contributed by atoms with Gasteiger partial charge in [0.2, 0.25) is 5.79 Å². The van der Waals surface area contributed by atoms with E-state index in [1.54, 1.807) is 20.8 Å². The largest absolute Gasteiger partial charge is 0.444 e. The zero-order chi connectivity index (χ0) is 13.5. The van der Waals surface area contributed by atoms with Gasteiger partial charge in [-0.3, -0.25) is 0 Å². The van der Waals surface area contributed by atoms with Crippen LogP contribution < -0.4 is 0 Å². The summed E-state index contributed by atoms with van der Waals surface area (Å²) >= 11 is 0. The number of halogens is 2. The second-order valence-corrected chi connectivity index (χ2v) is 5.17. The van der Waals surface area contributed by atoms with E-state index in [0.29, 0.717) is 0 Å². The number of likely N-dealkylation sites (tertiary alicyclic amines) is 1. The Kier molecular flexibility index (Phi) is 3.37. The van der Waals surface area contributed by atoms with E-state index < -0.39 is 36.4 Å². The number of ether oxygens (including phenoxy) is 1. The Morgan fingerprint density at radius 1 is 1.35 bits per heavy atom. The Morgan fingerprint density at radius 3 is 2.29 bits per heavy atom. The van der Waals surface area contributed by atoms with Crippen molar-refractivity contribution >= 4 is 6.09 Å². The maximum atomic E-state index is 13.1. The lowest BCUT2D eigenvalue weighted by Crippen LogP contribution is -2.62. The first kappa shape index (κ1) is 14.1. The summed E-state index contributed by atoms with van der Waals surface area (Å²) in [6.07, 6.45) is -1.64. The molecule has 1 fully saturated rings. The third-order valence-electron chi connectivity index (χ3n) is 2.34. The third-order valence-corrected chi connectivity index (χ3v) is 2.34. The number of β-amino-alcohol motifs (C(OH)–C–C–N with tert-alkyl or cyclic N) is 2. The van der Waals surface area contributed by atoms with E-state index in [1.807, 2.05) is 0 Å². The predicted molar refractivity (Wildman–Crippen MR) is 54.5 cm³/mol. The van der Waals surface area contributed by atoms with Gasteiger partial charge in [-0.05, 0) is 20.8 Å². The van der Waals surface area contributed by atoms with Gasteiger partial charge in [0.1, 0.15) is 5.60 Å². The van der Waals surface area contributed by atoms with Crippen LogP contribution in [0.4, 0.5) is 13.6 Å². The summed E-state index contributed by atoms with van der Waals surface area (Å²) in [7, 11) is 0. The second-order valence-electron chi connectivity index (χ2n) is 5.17. The van der Waals surface area contributed by atoms with Crippen LogP contribution in [0.5, 0.6) is 0 Å². The zero-order valence-corrected chi connectivity index (χ0v) is 10.0. The number of piperidine rings is 1. The van der Waals surface area contributed by atoms with Crippen LogP contribution in [0.1, 0.15) is 27.2 Å². The lowest BCUT2D eigenvalue weighted by Gasteiger charge is -2.41. The molecule has 2 N–H and O–H groups in total. The molecule has 1 heterocycles. The van der Waals surface area contributed by atoms with Crippen molar-refractivity contribution in [1.29, 1.82) is 0 Å². The van der Waals surface area contributed by atoms with Gasteiger partial charge >= 0.3 is 12.0 Å². The van der Waals surface area contributed by atoms with Gasteiger partial charge < -0.3 is 19.8 Å². The van der Waals surface area contributed by atoms with Crippen molar-refractivity contribution in [2.75, 3.05) is 13.1 Å². The van der Waals surface area contributed by atoms with Crippen molar-refractivity contribution < 1.29 is 28.5 Å². The maximum absolute atomic E-state index is 13.1. The van der Waals surface area contributed by atoms with Gasteiger partial charge in [0.25, 0.3) is 0 Å². The van der Waals surface area contributed by atoms with Gasteiger partial charge in [0.15, 0.2) is 0 Å². The Balaban J connectivity index is 2.69. The smallest absolute Gasteiger partial charge is 0.410 e. The molecule has 0 spiro atoms. The van der Waals surface area contributed by atoms with Crippen molar-refractivity contribution in [1.82, 2.24) is 4.90 Å². The minimum absolute atomic E-state index is 0.273. The molecule has 100 valence electrons. The normalized spacial score (nSPS) is 23.4. The topological polar surface area (TPSA) is 70.0 Å². The van der Waals surface area contributed by atoms with Crippen LogP contribution in [0.2, 0.25) is 0 Å². The highest BCUT2D eigenvalue weighted by Crippen LogP contribution is 2.35. The molecule has 1 aliphatic rings. The molecule has 0 aromatic heterocycles. The number of carbonyl (C=O) groups is 1. The maximum Gasteiger partial charge on any atom is 0.410 e. The van der Waals surface area contributed by atoms with E-state index in [4.69, 9.17) is 4.74 Å². The molecule has 1 amide bonds. The summed E-state index contributed by atoms with van der Waals surface area (Å²) in [4.78, 5) is 12.4. The summed E-state index contributed by atoms with van der Waals surface area (Å²) in [5.41, 5.74) is -0.759. The Morgan fingerprint density at radius 2 is 1.88 bits per heavy atom. The SMILES string of the molecule is CC(C)(C)OC(=O)N1CCC(F)(F)C(O)(O)C1. The molecule has 0 radical (unpaired) electrons. The molecule has 0 aromatic carbocycles. The van der Waals surface area contributed by atoms with E-state index in [1.165, 1.54) is 0 Å². The molecule has 1 rings (SSSR count). The fraction of sp³-hybridized carbons (Fsp3) is 0.900. The fourth-order valence-electron chi connectivity index (χ4n) is 1.42. The highest BCUT2D eigenvalue weighted by Gasteiger charge is 2.56. The summed E-state index contributed by atoms with van der Waals surface area (Å²) in [5.74, 6) is -6.83. The number of hydrogen-bond donors (Lipinski definition) is 2. The van der Waals surface area contributed by atoms with Crippen molar-refractivity contribution in [3.05, 3.63) is 0 Å². The van der Waals surface area contributed by atoms with Gasteiger partial charge in [-0.25, -0.2) is 13.6 Å². The van der Waals surface area contributed by atoms with E-state index in [9.17, 15) is 23.8 Å². The first-order chi connectivity index (χ1) is 7.45.